The fourth-order valence-electron chi connectivity index (χ4n) is 1.91. The van der Waals surface area contributed by atoms with E-state index in [1.165, 1.54) is 0 Å². The number of imidazole rings is 1. The molecule has 2 aromatic heterocycles. The SMILES string of the molecule is CCNc1nc(Oc2ccc(Br)c(C)c2)c2[nH]cnc2n1. The Balaban J connectivity index is 2.01. The number of fused-ring (bicyclic) bond motifs is 1. The largest absolute Gasteiger partial charge is 0.437 e. The topological polar surface area (TPSA) is 75.7 Å². The second kappa shape index (κ2) is 5.69. The van der Waals surface area contributed by atoms with Crippen LogP contribution in [0.3, 0.4) is 0 Å². The minimum Gasteiger partial charge on any atom is -0.437 e. The van der Waals surface area contributed by atoms with E-state index >= 15 is 0 Å². The first-order chi connectivity index (χ1) is 10.2. The molecule has 0 radical (unpaired) electrons. The molecule has 0 saturated heterocycles. The summed E-state index contributed by atoms with van der Waals surface area (Å²) in [5, 5.41) is 3.07. The lowest BCUT2D eigenvalue weighted by Crippen LogP contribution is -2.03. The highest BCUT2D eigenvalue weighted by molar-refractivity contribution is 9.10. The normalized spacial score (nSPS) is 10.8. The van der Waals surface area contributed by atoms with Crippen LogP contribution in [-0.2, 0) is 0 Å². The molecule has 6 nitrogen and oxygen atoms in total. The maximum atomic E-state index is 5.89. The Labute approximate surface area is 130 Å². The van der Waals surface area contributed by atoms with Gasteiger partial charge in [0.05, 0.1) is 6.33 Å². The zero-order chi connectivity index (χ0) is 14.8. The van der Waals surface area contributed by atoms with Crippen molar-refractivity contribution in [3.05, 3.63) is 34.6 Å². The first-order valence-corrected chi connectivity index (χ1v) is 7.35. The summed E-state index contributed by atoms with van der Waals surface area (Å²) in [7, 11) is 0. The molecule has 3 aromatic rings. The number of anilines is 1. The van der Waals surface area contributed by atoms with Crippen molar-refractivity contribution in [3.8, 4) is 11.6 Å². The van der Waals surface area contributed by atoms with Crippen molar-refractivity contribution in [2.75, 3.05) is 11.9 Å². The molecule has 1 aromatic carbocycles. The Morgan fingerprint density at radius 3 is 2.95 bits per heavy atom. The van der Waals surface area contributed by atoms with Crippen LogP contribution in [0.25, 0.3) is 11.2 Å². The van der Waals surface area contributed by atoms with Gasteiger partial charge in [0.2, 0.25) is 5.95 Å². The second-order valence-electron chi connectivity index (χ2n) is 4.50. The van der Waals surface area contributed by atoms with Crippen LogP contribution < -0.4 is 10.1 Å². The van der Waals surface area contributed by atoms with E-state index in [-0.39, 0.29) is 0 Å². The van der Waals surface area contributed by atoms with Crippen molar-refractivity contribution in [2.24, 2.45) is 0 Å². The van der Waals surface area contributed by atoms with Crippen molar-refractivity contribution in [1.29, 1.82) is 0 Å². The van der Waals surface area contributed by atoms with Crippen LogP contribution in [0.15, 0.2) is 29.0 Å². The number of ether oxygens (including phenoxy) is 1. The molecule has 0 bridgehead atoms. The number of nitrogens with zero attached hydrogens (tertiary/aromatic N) is 3. The minimum atomic E-state index is 0.454. The van der Waals surface area contributed by atoms with E-state index < -0.39 is 0 Å². The summed E-state index contributed by atoms with van der Waals surface area (Å²) in [6.07, 6.45) is 1.58. The van der Waals surface area contributed by atoms with Crippen LogP contribution in [0.5, 0.6) is 11.6 Å². The maximum Gasteiger partial charge on any atom is 0.250 e. The molecule has 0 atom stereocenters. The quantitative estimate of drug-likeness (QED) is 0.753. The summed E-state index contributed by atoms with van der Waals surface area (Å²) in [5.74, 6) is 1.67. The molecule has 0 aliphatic rings. The standard InChI is InChI=1S/C14H14BrN5O/c1-3-16-14-19-12-11(17-7-18-12)13(20-14)21-9-4-5-10(15)8(2)6-9/h4-7H,3H2,1-2H3,(H2,16,17,18,19,20). The summed E-state index contributed by atoms with van der Waals surface area (Å²) in [5.41, 5.74) is 2.34. The van der Waals surface area contributed by atoms with Crippen molar-refractivity contribution in [3.63, 3.8) is 0 Å². The smallest absolute Gasteiger partial charge is 0.250 e. The fraction of sp³-hybridized carbons (Fsp3) is 0.214. The van der Waals surface area contributed by atoms with Crippen molar-refractivity contribution in [2.45, 2.75) is 13.8 Å². The number of aromatic nitrogens is 4. The number of aryl methyl sites for hydroxylation is 1. The van der Waals surface area contributed by atoms with Gasteiger partial charge in [-0.05, 0) is 37.6 Å². The maximum absolute atomic E-state index is 5.89. The molecule has 3 rings (SSSR count). The average Bonchev–Trinajstić information content (AvgIpc) is 2.92. The van der Waals surface area contributed by atoms with E-state index in [4.69, 9.17) is 4.74 Å². The number of aromatic amines is 1. The summed E-state index contributed by atoms with van der Waals surface area (Å²) >= 11 is 3.47. The monoisotopic (exact) mass is 347 g/mol. The van der Waals surface area contributed by atoms with Gasteiger partial charge >= 0.3 is 0 Å². The Hall–Kier alpha value is -2.15. The van der Waals surface area contributed by atoms with Gasteiger partial charge in [-0.15, -0.1) is 0 Å². The summed E-state index contributed by atoms with van der Waals surface area (Å²) in [4.78, 5) is 15.9. The van der Waals surface area contributed by atoms with Crippen LogP contribution in [0.4, 0.5) is 5.95 Å². The first-order valence-electron chi connectivity index (χ1n) is 6.56. The number of benzene rings is 1. The van der Waals surface area contributed by atoms with E-state index in [9.17, 15) is 0 Å². The highest BCUT2D eigenvalue weighted by atomic mass is 79.9. The van der Waals surface area contributed by atoms with Crippen LogP contribution in [0.1, 0.15) is 12.5 Å². The van der Waals surface area contributed by atoms with E-state index in [1.807, 2.05) is 32.0 Å². The Bertz CT molecular complexity index is 786. The third kappa shape index (κ3) is 2.82. The predicted octanol–water partition coefficient (Wildman–Crippen LogP) is 3.65. The number of H-pyrrole nitrogens is 1. The number of nitrogens with one attached hydrogen (secondary N) is 2. The molecular weight excluding hydrogens is 334 g/mol. The first kappa shape index (κ1) is 13.8. The molecule has 0 amide bonds. The molecule has 2 N–H and O–H groups in total. The summed E-state index contributed by atoms with van der Waals surface area (Å²) < 4.78 is 6.93. The zero-order valence-corrected chi connectivity index (χ0v) is 13.2. The fourth-order valence-corrected chi connectivity index (χ4v) is 2.16. The molecule has 0 saturated carbocycles. The van der Waals surface area contributed by atoms with Gasteiger partial charge in [0.25, 0.3) is 5.88 Å². The van der Waals surface area contributed by atoms with Crippen molar-refractivity contribution >= 4 is 33.0 Å². The van der Waals surface area contributed by atoms with E-state index in [2.05, 4.69) is 41.2 Å². The van der Waals surface area contributed by atoms with Gasteiger partial charge in [-0.25, -0.2) is 4.98 Å². The van der Waals surface area contributed by atoms with Crippen LogP contribution >= 0.6 is 15.9 Å². The van der Waals surface area contributed by atoms with Gasteiger partial charge < -0.3 is 15.0 Å². The third-order valence-electron chi connectivity index (χ3n) is 2.93. The molecule has 0 aliphatic heterocycles. The van der Waals surface area contributed by atoms with Gasteiger partial charge in [0, 0.05) is 11.0 Å². The van der Waals surface area contributed by atoms with Gasteiger partial charge in [-0.3, -0.25) is 0 Å². The Morgan fingerprint density at radius 1 is 1.33 bits per heavy atom. The lowest BCUT2D eigenvalue weighted by Gasteiger charge is -2.09. The van der Waals surface area contributed by atoms with E-state index in [0.717, 1.165) is 16.6 Å². The van der Waals surface area contributed by atoms with Crippen LogP contribution in [0, 0.1) is 6.92 Å². The molecule has 7 heteroatoms. The van der Waals surface area contributed by atoms with Crippen LogP contribution in [-0.4, -0.2) is 26.5 Å². The Kier molecular flexibility index (Phi) is 3.74. The lowest BCUT2D eigenvalue weighted by molar-refractivity contribution is 0.467. The zero-order valence-electron chi connectivity index (χ0n) is 11.6. The lowest BCUT2D eigenvalue weighted by atomic mass is 10.2. The molecule has 0 unspecified atom stereocenters. The minimum absolute atomic E-state index is 0.454. The molecule has 0 aliphatic carbocycles. The van der Waals surface area contributed by atoms with E-state index in [1.54, 1.807) is 6.33 Å². The summed E-state index contributed by atoms with van der Waals surface area (Å²) in [6.45, 7) is 4.72. The highest BCUT2D eigenvalue weighted by Gasteiger charge is 2.12. The third-order valence-corrected chi connectivity index (χ3v) is 3.82. The van der Waals surface area contributed by atoms with Gasteiger partial charge in [-0.2, -0.15) is 9.97 Å². The molecule has 2 heterocycles. The molecule has 0 spiro atoms. The van der Waals surface area contributed by atoms with Gasteiger partial charge in [0.1, 0.15) is 11.3 Å². The highest BCUT2D eigenvalue weighted by Crippen LogP contribution is 2.29. The average molecular weight is 348 g/mol. The van der Waals surface area contributed by atoms with Gasteiger partial charge in [0.15, 0.2) is 5.65 Å². The number of halogens is 1. The van der Waals surface area contributed by atoms with Crippen LogP contribution in [0.2, 0.25) is 0 Å². The molecule has 0 fully saturated rings. The summed E-state index contributed by atoms with van der Waals surface area (Å²) in [6, 6.07) is 5.77. The number of hydrogen-bond donors (Lipinski definition) is 2. The van der Waals surface area contributed by atoms with E-state index in [0.29, 0.717) is 28.7 Å². The number of hydrogen-bond acceptors (Lipinski definition) is 5. The molecule has 21 heavy (non-hydrogen) atoms. The van der Waals surface area contributed by atoms with Crippen molar-refractivity contribution in [1.82, 2.24) is 19.9 Å². The Morgan fingerprint density at radius 2 is 2.19 bits per heavy atom. The second-order valence-corrected chi connectivity index (χ2v) is 5.35. The predicted molar refractivity (Wildman–Crippen MR) is 84.8 cm³/mol. The molecular formula is C14H14BrN5O. The van der Waals surface area contributed by atoms with Gasteiger partial charge in [-0.1, -0.05) is 15.9 Å². The van der Waals surface area contributed by atoms with Crippen molar-refractivity contribution < 1.29 is 4.74 Å². The molecule has 108 valence electrons. The number of rotatable bonds is 4.